The van der Waals surface area contributed by atoms with Crippen molar-refractivity contribution in [2.75, 3.05) is 18.6 Å². The molecule has 1 saturated carbocycles. The molecule has 0 bridgehead atoms. The Morgan fingerprint density at radius 3 is 2.93 bits per heavy atom. The van der Waals surface area contributed by atoms with Gasteiger partial charge in [0.1, 0.15) is 11.6 Å². The van der Waals surface area contributed by atoms with E-state index >= 15 is 0 Å². The number of carbonyl (C=O) groups is 2. The van der Waals surface area contributed by atoms with E-state index in [1.54, 1.807) is 18.2 Å². The van der Waals surface area contributed by atoms with Gasteiger partial charge in [0.25, 0.3) is 0 Å². The summed E-state index contributed by atoms with van der Waals surface area (Å²) in [5.41, 5.74) is 0.868. The molecular formula is C18H21N5O3S. The summed E-state index contributed by atoms with van der Waals surface area (Å²) in [6, 6.07) is 5.97. The number of amides is 2. The van der Waals surface area contributed by atoms with Crippen molar-refractivity contribution in [3.63, 3.8) is 0 Å². The number of ether oxygens (including phenoxy) is 1. The molecule has 0 N–H and O–H groups in total. The topological polar surface area (TPSA) is 88.5 Å². The monoisotopic (exact) mass is 387 g/mol. The van der Waals surface area contributed by atoms with Gasteiger partial charge in [-0.1, -0.05) is 17.4 Å². The van der Waals surface area contributed by atoms with E-state index in [0.717, 1.165) is 18.5 Å². The van der Waals surface area contributed by atoms with Crippen molar-refractivity contribution in [3.05, 3.63) is 35.1 Å². The molecule has 0 radical (unpaired) electrons. The molecule has 0 spiro atoms. The van der Waals surface area contributed by atoms with Crippen LogP contribution in [0.4, 0.5) is 5.13 Å². The minimum Gasteiger partial charge on any atom is -0.377 e. The van der Waals surface area contributed by atoms with Gasteiger partial charge < -0.3 is 9.64 Å². The zero-order valence-corrected chi connectivity index (χ0v) is 15.9. The lowest BCUT2D eigenvalue weighted by Crippen LogP contribution is -2.38. The van der Waals surface area contributed by atoms with Crippen LogP contribution < -0.4 is 4.90 Å². The minimum absolute atomic E-state index is 0.0284. The van der Waals surface area contributed by atoms with E-state index in [-0.39, 0.29) is 30.2 Å². The highest BCUT2D eigenvalue weighted by atomic mass is 32.1. The molecule has 2 aromatic rings. The van der Waals surface area contributed by atoms with Crippen molar-refractivity contribution in [2.45, 2.75) is 38.5 Å². The predicted octanol–water partition coefficient (Wildman–Crippen LogP) is 1.62. The van der Waals surface area contributed by atoms with Crippen LogP contribution in [0.5, 0.6) is 0 Å². The Morgan fingerprint density at radius 2 is 2.22 bits per heavy atom. The van der Waals surface area contributed by atoms with Gasteiger partial charge >= 0.3 is 0 Å². The second-order valence-corrected chi connectivity index (χ2v) is 7.88. The molecular weight excluding hydrogens is 366 g/mol. The third-order valence-electron chi connectivity index (χ3n) is 4.76. The third kappa shape index (κ3) is 3.98. The van der Waals surface area contributed by atoms with Crippen LogP contribution in [-0.4, -0.2) is 51.6 Å². The standard InChI is InChI=1S/C18H21N5O3S/c1-26-11-15-20-21-18(27-15)23-9-12(8-16(23)24)17(25)22(14-5-6-14)10-13-4-2-3-7-19-13/h2-4,7,12,14H,5-6,8-11H2,1H3. The van der Waals surface area contributed by atoms with Crippen molar-refractivity contribution in [1.82, 2.24) is 20.1 Å². The first-order valence-electron chi connectivity index (χ1n) is 8.97. The third-order valence-corrected chi connectivity index (χ3v) is 5.68. The Labute approximate surface area is 161 Å². The van der Waals surface area contributed by atoms with Crippen LogP contribution in [0.3, 0.4) is 0 Å². The molecule has 4 rings (SSSR count). The lowest BCUT2D eigenvalue weighted by molar-refractivity contribution is -0.137. The molecule has 2 aromatic heterocycles. The average Bonchev–Trinajstić information content (AvgIpc) is 3.29. The van der Waals surface area contributed by atoms with Crippen molar-refractivity contribution in [1.29, 1.82) is 0 Å². The average molecular weight is 387 g/mol. The Kier molecular flexibility index (Phi) is 5.13. The van der Waals surface area contributed by atoms with Crippen LogP contribution in [0.1, 0.15) is 30.0 Å². The molecule has 8 nitrogen and oxygen atoms in total. The highest BCUT2D eigenvalue weighted by Crippen LogP contribution is 2.33. The van der Waals surface area contributed by atoms with E-state index in [2.05, 4.69) is 15.2 Å². The van der Waals surface area contributed by atoms with Crippen LogP contribution in [0.2, 0.25) is 0 Å². The van der Waals surface area contributed by atoms with Crippen molar-refractivity contribution in [2.24, 2.45) is 5.92 Å². The smallest absolute Gasteiger partial charge is 0.229 e. The Hall–Kier alpha value is -2.39. The maximum absolute atomic E-state index is 13.1. The van der Waals surface area contributed by atoms with Crippen LogP contribution in [0.25, 0.3) is 0 Å². The number of anilines is 1. The summed E-state index contributed by atoms with van der Waals surface area (Å²) in [7, 11) is 1.59. The molecule has 2 fully saturated rings. The van der Waals surface area contributed by atoms with Crippen molar-refractivity contribution in [3.8, 4) is 0 Å². The summed E-state index contributed by atoms with van der Waals surface area (Å²) in [6.45, 7) is 1.21. The van der Waals surface area contributed by atoms with Gasteiger partial charge in [-0.05, 0) is 25.0 Å². The summed E-state index contributed by atoms with van der Waals surface area (Å²) in [5, 5.41) is 9.36. The quantitative estimate of drug-likeness (QED) is 0.717. The fourth-order valence-electron chi connectivity index (χ4n) is 3.27. The van der Waals surface area contributed by atoms with Crippen LogP contribution in [0, 0.1) is 5.92 Å². The molecule has 1 atom stereocenters. The van der Waals surface area contributed by atoms with E-state index in [0.29, 0.717) is 29.8 Å². The lowest BCUT2D eigenvalue weighted by Gasteiger charge is -2.25. The maximum Gasteiger partial charge on any atom is 0.229 e. The van der Waals surface area contributed by atoms with E-state index in [9.17, 15) is 9.59 Å². The van der Waals surface area contributed by atoms with Gasteiger partial charge in [-0.2, -0.15) is 0 Å². The van der Waals surface area contributed by atoms with Gasteiger partial charge in [0.05, 0.1) is 18.2 Å². The number of rotatable bonds is 7. The van der Waals surface area contributed by atoms with Gasteiger partial charge in [0.15, 0.2) is 0 Å². The number of nitrogens with zero attached hydrogens (tertiary/aromatic N) is 5. The molecule has 27 heavy (non-hydrogen) atoms. The summed E-state index contributed by atoms with van der Waals surface area (Å²) in [6.07, 6.45) is 3.97. The first-order valence-corrected chi connectivity index (χ1v) is 9.79. The molecule has 2 aliphatic rings. The predicted molar refractivity (Wildman–Crippen MR) is 98.9 cm³/mol. The zero-order chi connectivity index (χ0) is 18.8. The molecule has 9 heteroatoms. The van der Waals surface area contributed by atoms with E-state index < -0.39 is 0 Å². The van der Waals surface area contributed by atoms with Gasteiger partial charge in [0.2, 0.25) is 16.9 Å². The van der Waals surface area contributed by atoms with Crippen molar-refractivity contribution < 1.29 is 14.3 Å². The fraction of sp³-hybridized carbons (Fsp3) is 0.500. The molecule has 1 aliphatic heterocycles. The first-order chi connectivity index (χ1) is 13.2. The number of hydrogen-bond acceptors (Lipinski definition) is 7. The largest absolute Gasteiger partial charge is 0.377 e. The van der Waals surface area contributed by atoms with E-state index in [1.165, 1.54) is 11.3 Å². The van der Waals surface area contributed by atoms with Crippen LogP contribution in [0.15, 0.2) is 24.4 Å². The Balaban J connectivity index is 1.45. The number of hydrogen-bond donors (Lipinski definition) is 0. The first kappa shape index (κ1) is 18.0. The number of aromatic nitrogens is 3. The SMILES string of the molecule is COCc1nnc(N2CC(C(=O)N(Cc3ccccn3)C3CC3)CC2=O)s1. The Morgan fingerprint density at radius 1 is 1.37 bits per heavy atom. The number of methoxy groups -OCH3 is 1. The molecule has 1 aliphatic carbocycles. The zero-order valence-electron chi connectivity index (χ0n) is 15.1. The molecule has 1 unspecified atom stereocenters. The highest BCUT2D eigenvalue weighted by molar-refractivity contribution is 7.15. The Bertz CT molecular complexity index is 823. The highest BCUT2D eigenvalue weighted by Gasteiger charge is 2.42. The van der Waals surface area contributed by atoms with E-state index in [4.69, 9.17) is 4.74 Å². The summed E-state index contributed by atoms with van der Waals surface area (Å²) >= 11 is 1.32. The molecule has 0 aromatic carbocycles. The maximum atomic E-state index is 13.1. The minimum atomic E-state index is -0.350. The van der Waals surface area contributed by atoms with E-state index in [1.807, 2.05) is 23.1 Å². The van der Waals surface area contributed by atoms with Gasteiger partial charge in [-0.25, -0.2) is 0 Å². The fourth-order valence-corrected chi connectivity index (χ4v) is 4.10. The molecule has 1 saturated heterocycles. The normalized spacial score (nSPS) is 19.5. The summed E-state index contributed by atoms with van der Waals surface area (Å²) in [4.78, 5) is 33.4. The van der Waals surface area contributed by atoms with Gasteiger partial charge in [-0.15, -0.1) is 10.2 Å². The number of carbonyl (C=O) groups excluding carboxylic acids is 2. The second-order valence-electron chi connectivity index (χ2n) is 6.84. The van der Waals surface area contributed by atoms with Crippen LogP contribution >= 0.6 is 11.3 Å². The van der Waals surface area contributed by atoms with Crippen molar-refractivity contribution >= 4 is 28.3 Å². The van der Waals surface area contributed by atoms with Gasteiger partial charge in [0, 0.05) is 32.3 Å². The lowest BCUT2D eigenvalue weighted by atomic mass is 10.1. The summed E-state index contributed by atoms with van der Waals surface area (Å²) in [5.74, 6) is -0.403. The molecule has 2 amide bonds. The second kappa shape index (κ2) is 7.69. The summed E-state index contributed by atoms with van der Waals surface area (Å²) < 4.78 is 5.05. The molecule has 142 valence electrons. The number of pyridine rings is 1. The van der Waals surface area contributed by atoms with Crippen LogP contribution in [-0.2, 0) is 27.5 Å². The van der Waals surface area contributed by atoms with Gasteiger partial charge in [-0.3, -0.25) is 19.5 Å². The molecule has 3 heterocycles.